The Hall–Kier alpha value is -0.0400. The summed E-state index contributed by atoms with van der Waals surface area (Å²) in [6.45, 7) is 0.307. The first kappa shape index (κ1) is 15.4. The van der Waals surface area contributed by atoms with Gasteiger partial charge in [-0.2, -0.15) is 0 Å². The average Bonchev–Trinajstić information content (AvgIpc) is 2.42. The molecule has 1 N–H and O–H groups in total. The van der Waals surface area contributed by atoms with Crippen LogP contribution in [-0.2, 0) is 0 Å². The molecule has 0 aliphatic rings. The lowest BCUT2D eigenvalue weighted by Crippen LogP contribution is -1.85. The van der Waals surface area contributed by atoms with Crippen LogP contribution in [-0.4, -0.2) is 11.7 Å². The van der Waals surface area contributed by atoms with Gasteiger partial charge >= 0.3 is 0 Å². The second-order valence-corrected chi connectivity index (χ2v) is 5.86. The molecule has 0 amide bonds. The monoisotopic (exact) mass is 272 g/mol. The van der Waals surface area contributed by atoms with Crippen LogP contribution in [0.2, 0.25) is 0 Å². The molecule has 116 valence electrons. The number of hydrogen-bond donors (Lipinski definition) is 1. The fraction of sp³-hybridized carbons (Fsp3) is 1.00. The van der Waals surface area contributed by atoms with Crippen molar-refractivity contribution in [3.05, 3.63) is 0 Å². The van der Waals surface area contributed by atoms with Crippen LogP contribution in [0.3, 0.4) is 0 Å². The molecule has 0 fully saturated rings. The van der Waals surface area contributed by atoms with Crippen molar-refractivity contribution in [2.45, 2.75) is 110 Å². The first-order chi connectivity index (χ1) is 10.1. The van der Waals surface area contributed by atoms with E-state index in [0.717, 1.165) is 12.8 Å². The molecule has 0 saturated carbocycles. The summed E-state index contributed by atoms with van der Waals surface area (Å²) in [6, 6.07) is 0. The summed E-state index contributed by atoms with van der Waals surface area (Å²) in [4.78, 5) is 0. The minimum absolute atomic E-state index is 0.283. The maximum absolute atomic E-state index is 8.95. The minimum atomic E-state index is -1.96. The van der Waals surface area contributed by atoms with Gasteiger partial charge in [-0.25, -0.2) is 0 Å². The summed E-state index contributed by atoms with van der Waals surface area (Å²) in [7, 11) is 0. The molecular formula is C18H38O. The zero-order valence-corrected chi connectivity index (χ0v) is 13.3. The first-order valence-electron chi connectivity index (χ1n) is 9.78. The summed E-state index contributed by atoms with van der Waals surface area (Å²) in [5.41, 5.74) is 0. The number of aliphatic hydroxyl groups is 1. The molecule has 0 aliphatic heterocycles. The molecule has 0 aromatic heterocycles. The highest BCUT2D eigenvalue weighted by molar-refractivity contribution is 4.49. The molecule has 1 nitrogen and oxygen atoms in total. The van der Waals surface area contributed by atoms with Gasteiger partial charge in [0.2, 0.25) is 0 Å². The molecule has 0 bridgehead atoms. The number of hydrogen-bond acceptors (Lipinski definition) is 1. The minimum Gasteiger partial charge on any atom is -0.396 e. The van der Waals surface area contributed by atoms with Gasteiger partial charge in [0.15, 0.2) is 0 Å². The van der Waals surface area contributed by atoms with E-state index in [0.29, 0.717) is 0 Å². The Morgan fingerprint density at radius 1 is 0.526 bits per heavy atom. The van der Waals surface area contributed by atoms with E-state index >= 15 is 0 Å². The molecule has 0 aromatic carbocycles. The fourth-order valence-corrected chi connectivity index (χ4v) is 2.58. The van der Waals surface area contributed by atoms with E-state index in [-0.39, 0.29) is 6.42 Å². The molecule has 0 radical (unpaired) electrons. The Labute approximate surface area is 125 Å². The standard InChI is InChI=1S/C18H38O/c1-2-3-4-5-6-7-8-9-10-11-12-13-14-15-16-17-18-19/h19H,2-18H2,1H3/i18D2. The highest BCUT2D eigenvalue weighted by Crippen LogP contribution is 2.13. The van der Waals surface area contributed by atoms with Crippen LogP contribution >= 0.6 is 0 Å². The molecule has 0 saturated heterocycles. The van der Waals surface area contributed by atoms with E-state index in [9.17, 15) is 0 Å². The van der Waals surface area contributed by atoms with Crippen LogP contribution in [0.15, 0.2) is 0 Å². The van der Waals surface area contributed by atoms with Crippen molar-refractivity contribution in [1.82, 2.24) is 0 Å². The third-order valence-corrected chi connectivity index (χ3v) is 3.89. The van der Waals surface area contributed by atoms with E-state index in [2.05, 4.69) is 6.92 Å². The van der Waals surface area contributed by atoms with Crippen molar-refractivity contribution in [1.29, 1.82) is 0 Å². The lowest BCUT2D eigenvalue weighted by molar-refractivity contribution is 0.282. The van der Waals surface area contributed by atoms with Crippen LogP contribution < -0.4 is 0 Å². The van der Waals surface area contributed by atoms with Gasteiger partial charge in [-0.1, -0.05) is 103 Å². The first-order valence-corrected chi connectivity index (χ1v) is 8.78. The Kier molecular flexibility index (Phi) is 14.5. The van der Waals surface area contributed by atoms with Crippen LogP contribution in [0.25, 0.3) is 0 Å². The van der Waals surface area contributed by atoms with Gasteiger partial charge in [0.25, 0.3) is 0 Å². The van der Waals surface area contributed by atoms with Crippen molar-refractivity contribution < 1.29 is 7.85 Å². The quantitative estimate of drug-likeness (QED) is 0.330. The molecule has 19 heavy (non-hydrogen) atoms. The topological polar surface area (TPSA) is 20.2 Å². The SMILES string of the molecule is [2H]C([2H])(O)CCCCCCCCCCCCCCCCC. The summed E-state index contributed by atoms with van der Waals surface area (Å²) in [6.07, 6.45) is 19.9. The van der Waals surface area contributed by atoms with E-state index in [1.54, 1.807) is 0 Å². The zero-order chi connectivity index (χ0) is 15.8. The molecule has 0 aliphatic carbocycles. The molecule has 1 heteroatoms. The van der Waals surface area contributed by atoms with E-state index in [4.69, 9.17) is 7.85 Å². The van der Waals surface area contributed by atoms with Crippen molar-refractivity contribution in [3.8, 4) is 0 Å². The van der Waals surface area contributed by atoms with Crippen LogP contribution in [0, 0.1) is 0 Å². The molecule has 0 aromatic rings. The summed E-state index contributed by atoms with van der Waals surface area (Å²) < 4.78 is 14.1. The van der Waals surface area contributed by atoms with Crippen molar-refractivity contribution in [3.63, 3.8) is 0 Å². The fourth-order valence-electron chi connectivity index (χ4n) is 2.58. The van der Waals surface area contributed by atoms with Gasteiger partial charge in [-0.3, -0.25) is 0 Å². The second kappa shape index (κ2) is 18.0. The van der Waals surface area contributed by atoms with Gasteiger partial charge in [-0.15, -0.1) is 0 Å². The summed E-state index contributed by atoms with van der Waals surface area (Å²) >= 11 is 0. The zero-order valence-electron chi connectivity index (χ0n) is 15.3. The molecule has 0 atom stereocenters. The Morgan fingerprint density at radius 3 is 1.05 bits per heavy atom. The smallest absolute Gasteiger partial charge is 0.0564 e. The Bertz CT molecular complexity index is 202. The largest absolute Gasteiger partial charge is 0.396 e. The van der Waals surface area contributed by atoms with Gasteiger partial charge in [0, 0.05) is 6.56 Å². The summed E-state index contributed by atoms with van der Waals surface area (Å²) in [5.74, 6) is 0. The van der Waals surface area contributed by atoms with Gasteiger partial charge in [0.1, 0.15) is 0 Å². The van der Waals surface area contributed by atoms with E-state index in [1.807, 2.05) is 0 Å². The van der Waals surface area contributed by atoms with Crippen molar-refractivity contribution in [2.24, 2.45) is 0 Å². The molecule has 0 spiro atoms. The Morgan fingerprint density at radius 2 is 0.789 bits per heavy atom. The number of rotatable bonds is 16. The van der Waals surface area contributed by atoms with Crippen LogP contribution in [0.1, 0.15) is 112 Å². The predicted molar refractivity (Wildman–Crippen MR) is 86.6 cm³/mol. The Balaban J connectivity index is 3.00. The van der Waals surface area contributed by atoms with Crippen molar-refractivity contribution >= 4 is 0 Å². The highest BCUT2D eigenvalue weighted by atomic mass is 16.2. The molecular weight excluding hydrogens is 232 g/mol. The number of unbranched alkanes of at least 4 members (excludes halogenated alkanes) is 14. The average molecular weight is 273 g/mol. The highest BCUT2D eigenvalue weighted by Gasteiger charge is 1.94. The maximum atomic E-state index is 8.95. The van der Waals surface area contributed by atoms with Crippen LogP contribution in [0.4, 0.5) is 0 Å². The molecule has 0 unspecified atom stereocenters. The van der Waals surface area contributed by atoms with Gasteiger partial charge in [-0.05, 0) is 6.42 Å². The predicted octanol–water partition coefficient (Wildman–Crippen LogP) is 6.24. The lowest BCUT2D eigenvalue weighted by Gasteiger charge is -2.03. The maximum Gasteiger partial charge on any atom is 0.0564 e. The molecule has 0 heterocycles. The van der Waals surface area contributed by atoms with Crippen LogP contribution in [0.5, 0.6) is 0 Å². The summed E-state index contributed by atoms with van der Waals surface area (Å²) in [5, 5.41) is 8.95. The molecule has 0 rings (SSSR count). The van der Waals surface area contributed by atoms with Gasteiger partial charge < -0.3 is 5.11 Å². The van der Waals surface area contributed by atoms with Crippen molar-refractivity contribution in [2.75, 3.05) is 6.56 Å². The van der Waals surface area contributed by atoms with Gasteiger partial charge in [0.05, 0.1) is 2.74 Å². The normalized spacial score (nSPS) is 13.4. The third kappa shape index (κ3) is 18.0. The second-order valence-electron chi connectivity index (χ2n) is 5.86. The van der Waals surface area contributed by atoms with E-state index in [1.165, 1.54) is 83.5 Å². The third-order valence-electron chi connectivity index (χ3n) is 3.89. The lowest BCUT2D eigenvalue weighted by atomic mass is 10.0. The van der Waals surface area contributed by atoms with E-state index < -0.39 is 6.56 Å².